The highest BCUT2D eigenvalue weighted by Gasteiger charge is 2.45. The number of rotatable bonds is 4. The molecule has 96 valence electrons. The van der Waals surface area contributed by atoms with Crippen LogP contribution in [0.4, 0.5) is 0 Å². The molecule has 0 radical (unpaired) electrons. The number of likely N-dealkylation sites (N-methyl/N-ethyl adjacent to an activating group) is 1. The molecule has 0 bridgehead atoms. The maximum atomic E-state index is 3.55. The molecule has 1 aliphatic heterocycles. The Morgan fingerprint density at radius 2 is 1.82 bits per heavy atom. The number of likely N-dealkylation sites (tertiary alicyclic amines) is 1. The van der Waals surface area contributed by atoms with E-state index in [1.165, 1.54) is 51.6 Å². The summed E-state index contributed by atoms with van der Waals surface area (Å²) in [6, 6.07) is 0.551. The predicted octanol–water partition coefficient (Wildman–Crippen LogP) is 2.40. The first-order valence-corrected chi connectivity index (χ1v) is 7.15. The quantitative estimate of drug-likeness (QED) is 0.751. The first-order valence-electron chi connectivity index (χ1n) is 7.15. The Labute approximate surface area is 106 Å². The lowest BCUT2D eigenvalue weighted by atomic mass is 9.84. The van der Waals surface area contributed by atoms with Crippen molar-refractivity contribution in [1.82, 2.24) is 10.2 Å². The van der Waals surface area contributed by atoms with Crippen LogP contribution in [-0.2, 0) is 0 Å². The zero-order valence-electron chi connectivity index (χ0n) is 11.4. The summed E-state index contributed by atoms with van der Waals surface area (Å²) in [4.78, 5) is 2.76. The Kier molecular flexibility index (Phi) is 4.48. The highest BCUT2D eigenvalue weighted by atomic mass is 15.2. The number of nitrogens with zero attached hydrogens (tertiary/aromatic N) is 1. The molecule has 1 saturated heterocycles. The van der Waals surface area contributed by atoms with E-state index < -0.39 is 0 Å². The summed E-state index contributed by atoms with van der Waals surface area (Å²) >= 11 is 0. The van der Waals surface area contributed by atoms with Gasteiger partial charge in [0.1, 0.15) is 0 Å². The van der Waals surface area contributed by atoms with Crippen LogP contribution in [0.15, 0.2) is 0 Å². The SMILES string of the molecule is CC#CCC(NC)C1(N2CCCC2)CCCC1. The standard InChI is InChI=1S/C15H26N2/c1-3-4-9-14(16-2)15(10-5-6-11-15)17-12-7-8-13-17/h14,16H,5-13H2,1-2H3. The van der Waals surface area contributed by atoms with E-state index >= 15 is 0 Å². The van der Waals surface area contributed by atoms with Crippen LogP contribution in [0.25, 0.3) is 0 Å². The minimum Gasteiger partial charge on any atom is -0.314 e. The van der Waals surface area contributed by atoms with Crippen LogP contribution in [-0.4, -0.2) is 36.6 Å². The fraction of sp³-hybridized carbons (Fsp3) is 0.867. The second-order valence-electron chi connectivity index (χ2n) is 5.48. The normalized spacial score (nSPS) is 25.5. The molecule has 0 aromatic rings. The molecule has 0 aromatic carbocycles. The molecule has 1 aliphatic carbocycles. The van der Waals surface area contributed by atoms with Crippen molar-refractivity contribution in [1.29, 1.82) is 0 Å². The van der Waals surface area contributed by atoms with Crippen molar-refractivity contribution >= 4 is 0 Å². The van der Waals surface area contributed by atoms with Gasteiger partial charge in [0, 0.05) is 18.0 Å². The van der Waals surface area contributed by atoms with Crippen molar-refractivity contribution in [2.45, 2.75) is 63.5 Å². The number of nitrogens with one attached hydrogen (secondary N) is 1. The molecule has 0 aromatic heterocycles. The maximum absolute atomic E-state index is 3.55. The van der Waals surface area contributed by atoms with Crippen LogP contribution in [0.5, 0.6) is 0 Å². The van der Waals surface area contributed by atoms with Gasteiger partial charge in [0.25, 0.3) is 0 Å². The summed E-state index contributed by atoms with van der Waals surface area (Å²) in [5.74, 6) is 6.34. The summed E-state index contributed by atoms with van der Waals surface area (Å²) in [6.45, 7) is 4.55. The minimum atomic E-state index is 0.412. The summed E-state index contributed by atoms with van der Waals surface area (Å²) < 4.78 is 0. The van der Waals surface area contributed by atoms with Gasteiger partial charge in [-0.2, -0.15) is 0 Å². The van der Waals surface area contributed by atoms with Crippen molar-refractivity contribution in [2.75, 3.05) is 20.1 Å². The van der Waals surface area contributed by atoms with E-state index in [-0.39, 0.29) is 0 Å². The first-order chi connectivity index (χ1) is 8.33. The predicted molar refractivity (Wildman–Crippen MR) is 72.9 cm³/mol. The van der Waals surface area contributed by atoms with Crippen molar-refractivity contribution in [3.05, 3.63) is 0 Å². The second-order valence-corrected chi connectivity index (χ2v) is 5.48. The highest BCUT2D eigenvalue weighted by molar-refractivity contribution is 5.09. The molecule has 2 nitrogen and oxygen atoms in total. The van der Waals surface area contributed by atoms with Crippen LogP contribution < -0.4 is 5.32 Å². The molecule has 1 heterocycles. The Morgan fingerprint density at radius 3 is 2.35 bits per heavy atom. The summed E-state index contributed by atoms with van der Waals surface area (Å²) in [5.41, 5.74) is 0.412. The van der Waals surface area contributed by atoms with Gasteiger partial charge in [0.2, 0.25) is 0 Å². The highest BCUT2D eigenvalue weighted by Crippen LogP contribution is 2.40. The number of hydrogen-bond donors (Lipinski definition) is 1. The van der Waals surface area contributed by atoms with Gasteiger partial charge in [-0.05, 0) is 52.7 Å². The minimum absolute atomic E-state index is 0.412. The monoisotopic (exact) mass is 234 g/mol. The van der Waals surface area contributed by atoms with Crippen LogP contribution in [0.2, 0.25) is 0 Å². The second kappa shape index (κ2) is 5.89. The van der Waals surface area contributed by atoms with Crippen molar-refractivity contribution in [2.24, 2.45) is 0 Å². The van der Waals surface area contributed by atoms with Crippen LogP contribution in [0.1, 0.15) is 51.9 Å². The van der Waals surface area contributed by atoms with Gasteiger partial charge in [-0.1, -0.05) is 12.8 Å². The van der Waals surface area contributed by atoms with Gasteiger partial charge in [-0.15, -0.1) is 11.8 Å². The van der Waals surface area contributed by atoms with Crippen molar-refractivity contribution in [3.63, 3.8) is 0 Å². The topological polar surface area (TPSA) is 15.3 Å². The van der Waals surface area contributed by atoms with E-state index in [0.717, 1.165) is 6.42 Å². The molecule has 17 heavy (non-hydrogen) atoms. The van der Waals surface area contributed by atoms with Crippen LogP contribution >= 0.6 is 0 Å². The third kappa shape index (κ3) is 2.51. The molecule has 2 rings (SSSR count). The van der Waals surface area contributed by atoms with Crippen LogP contribution in [0, 0.1) is 11.8 Å². The smallest absolute Gasteiger partial charge is 0.0371 e. The third-order valence-corrected chi connectivity index (χ3v) is 4.69. The van der Waals surface area contributed by atoms with Gasteiger partial charge in [-0.25, -0.2) is 0 Å². The van der Waals surface area contributed by atoms with Gasteiger partial charge in [0.05, 0.1) is 0 Å². The fourth-order valence-corrected chi connectivity index (χ4v) is 3.80. The third-order valence-electron chi connectivity index (χ3n) is 4.69. The summed E-state index contributed by atoms with van der Waals surface area (Å²) in [5, 5.41) is 3.55. The van der Waals surface area contributed by atoms with E-state index in [1.807, 2.05) is 6.92 Å². The average molecular weight is 234 g/mol. The summed E-state index contributed by atoms with van der Waals surface area (Å²) in [6.07, 6.45) is 9.30. The zero-order chi connectivity index (χ0) is 12.1. The Morgan fingerprint density at radius 1 is 1.18 bits per heavy atom. The molecule has 2 heteroatoms. The average Bonchev–Trinajstić information content (AvgIpc) is 3.01. The van der Waals surface area contributed by atoms with E-state index in [2.05, 4.69) is 29.1 Å². The Balaban J connectivity index is 2.14. The molecule has 1 saturated carbocycles. The Bertz CT molecular complexity index is 288. The molecule has 0 amide bonds. The molecule has 2 aliphatic rings. The van der Waals surface area contributed by atoms with E-state index in [0.29, 0.717) is 11.6 Å². The lowest BCUT2D eigenvalue weighted by Crippen LogP contribution is -2.58. The van der Waals surface area contributed by atoms with E-state index in [9.17, 15) is 0 Å². The van der Waals surface area contributed by atoms with E-state index in [1.54, 1.807) is 0 Å². The molecule has 1 N–H and O–H groups in total. The van der Waals surface area contributed by atoms with E-state index in [4.69, 9.17) is 0 Å². The molecular formula is C15H26N2. The largest absolute Gasteiger partial charge is 0.314 e. The van der Waals surface area contributed by atoms with Crippen molar-refractivity contribution in [3.8, 4) is 11.8 Å². The molecule has 1 unspecified atom stereocenters. The number of hydrogen-bond acceptors (Lipinski definition) is 2. The molecule has 1 atom stereocenters. The molecule has 0 spiro atoms. The van der Waals surface area contributed by atoms with Gasteiger partial charge < -0.3 is 5.32 Å². The maximum Gasteiger partial charge on any atom is 0.0371 e. The van der Waals surface area contributed by atoms with Gasteiger partial charge in [-0.3, -0.25) is 4.90 Å². The summed E-state index contributed by atoms with van der Waals surface area (Å²) in [7, 11) is 2.11. The zero-order valence-corrected chi connectivity index (χ0v) is 11.4. The first kappa shape index (κ1) is 12.9. The van der Waals surface area contributed by atoms with Gasteiger partial charge >= 0.3 is 0 Å². The van der Waals surface area contributed by atoms with Crippen molar-refractivity contribution < 1.29 is 0 Å². The lowest BCUT2D eigenvalue weighted by molar-refractivity contribution is 0.0816. The fourth-order valence-electron chi connectivity index (χ4n) is 3.80. The Hall–Kier alpha value is -0.520. The van der Waals surface area contributed by atoms with Crippen LogP contribution in [0.3, 0.4) is 0 Å². The van der Waals surface area contributed by atoms with Gasteiger partial charge in [0.15, 0.2) is 0 Å². The molecular weight excluding hydrogens is 208 g/mol. The lowest BCUT2D eigenvalue weighted by Gasteiger charge is -2.44. The molecule has 2 fully saturated rings.